The Balaban J connectivity index is 1.74. The summed E-state index contributed by atoms with van der Waals surface area (Å²) in [6, 6.07) is 6.32. The Morgan fingerprint density at radius 3 is 2.54 bits per heavy atom. The van der Waals surface area contributed by atoms with E-state index in [1.165, 1.54) is 18.7 Å². The van der Waals surface area contributed by atoms with Gasteiger partial charge >= 0.3 is 5.97 Å². The maximum Gasteiger partial charge on any atom is 0.308 e. The number of nitrogens with zero attached hydrogens (tertiary/aromatic N) is 1. The lowest BCUT2D eigenvalue weighted by Gasteiger charge is -2.13. The average molecular weight is 350 g/mol. The van der Waals surface area contributed by atoms with E-state index in [1.807, 2.05) is 0 Å². The highest BCUT2D eigenvalue weighted by molar-refractivity contribution is 8.13. The van der Waals surface area contributed by atoms with Crippen LogP contribution in [0.5, 0.6) is 0 Å². The number of anilines is 1. The van der Waals surface area contributed by atoms with Gasteiger partial charge in [0.15, 0.2) is 12.4 Å². The van der Waals surface area contributed by atoms with Gasteiger partial charge in [0, 0.05) is 37.0 Å². The molecule has 1 aliphatic rings. The molecule has 0 bridgehead atoms. The summed E-state index contributed by atoms with van der Waals surface area (Å²) in [6.45, 7) is 1.99. The highest BCUT2D eigenvalue weighted by Crippen LogP contribution is 2.17. The third-order valence-corrected chi connectivity index (χ3v) is 4.21. The molecular formula is C16H18N2O5S. The average Bonchev–Trinajstić information content (AvgIpc) is 2.96. The second kappa shape index (κ2) is 8.49. The predicted octanol–water partition coefficient (Wildman–Crippen LogP) is 1.93. The first-order valence-electron chi connectivity index (χ1n) is 7.44. The summed E-state index contributed by atoms with van der Waals surface area (Å²) in [6.07, 6.45) is 0.0705. The van der Waals surface area contributed by atoms with Crippen LogP contribution >= 0.6 is 11.8 Å². The molecule has 0 aliphatic carbocycles. The molecule has 2 amide bonds. The Morgan fingerprint density at radius 2 is 1.96 bits per heavy atom. The molecule has 1 aliphatic heterocycles. The summed E-state index contributed by atoms with van der Waals surface area (Å²) in [5.74, 6) is -0.299. The lowest BCUT2D eigenvalue weighted by atomic mass is 10.1. The normalized spacial score (nSPS) is 13.7. The number of carbonyl (C=O) groups excluding carboxylic acids is 4. The molecule has 1 aromatic rings. The van der Waals surface area contributed by atoms with Crippen LogP contribution in [-0.4, -0.2) is 53.2 Å². The fourth-order valence-corrected chi connectivity index (χ4v) is 2.95. The number of carbonyl (C=O) groups is 4. The zero-order valence-corrected chi connectivity index (χ0v) is 14.1. The molecule has 0 saturated carbocycles. The van der Waals surface area contributed by atoms with Crippen molar-refractivity contribution >= 4 is 40.3 Å². The largest absolute Gasteiger partial charge is 0.457 e. The molecule has 0 aromatic heterocycles. The van der Waals surface area contributed by atoms with E-state index in [0.717, 1.165) is 5.75 Å². The number of ketones is 1. The van der Waals surface area contributed by atoms with Crippen molar-refractivity contribution in [2.75, 3.05) is 30.8 Å². The van der Waals surface area contributed by atoms with E-state index in [4.69, 9.17) is 4.74 Å². The molecule has 1 saturated heterocycles. The van der Waals surface area contributed by atoms with Crippen molar-refractivity contribution in [3.63, 3.8) is 0 Å². The molecule has 1 fully saturated rings. The van der Waals surface area contributed by atoms with E-state index in [0.29, 0.717) is 24.3 Å². The van der Waals surface area contributed by atoms with Crippen molar-refractivity contribution in [2.24, 2.45) is 0 Å². The Morgan fingerprint density at radius 1 is 1.25 bits per heavy atom. The number of hydrogen-bond acceptors (Lipinski definition) is 6. The van der Waals surface area contributed by atoms with Gasteiger partial charge in [0.2, 0.25) is 5.91 Å². The van der Waals surface area contributed by atoms with E-state index in [9.17, 15) is 19.2 Å². The molecule has 1 aromatic carbocycles. The minimum Gasteiger partial charge on any atom is -0.457 e. The maximum atomic E-state index is 12.0. The van der Waals surface area contributed by atoms with E-state index < -0.39 is 5.97 Å². The number of amides is 2. The summed E-state index contributed by atoms with van der Waals surface area (Å²) in [5, 5.41) is 2.57. The monoisotopic (exact) mass is 350 g/mol. The number of Topliss-reactive ketones (excluding diaryl/α,β-unsaturated/α-hetero) is 1. The summed E-state index contributed by atoms with van der Waals surface area (Å²) >= 11 is 1.23. The Labute approximate surface area is 143 Å². The van der Waals surface area contributed by atoms with Crippen LogP contribution in [0.2, 0.25) is 0 Å². The molecule has 0 unspecified atom stereocenters. The van der Waals surface area contributed by atoms with Crippen LogP contribution in [0, 0.1) is 0 Å². The third kappa shape index (κ3) is 5.38. The van der Waals surface area contributed by atoms with Crippen LogP contribution < -0.4 is 5.32 Å². The van der Waals surface area contributed by atoms with E-state index in [2.05, 4.69) is 5.32 Å². The lowest BCUT2D eigenvalue weighted by Crippen LogP contribution is -2.27. The van der Waals surface area contributed by atoms with Gasteiger partial charge in [-0.2, -0.15) is 0 Å². The summed E-state index contributed by atoms with van der Waals surface area (Å²) < 4.78 is 4.95. The smallest absolute Gasteiger partial charge is 0.308 e. The minimum atomic E-state index is -0.511. The zero-order valence-electron chi connectivity index (χ0n) is 13.2. The van der Waals surface area contributed by atoms with Gasteiger partial charge < -0.3 is 15.0 Å². The van der Waals surface area contributed by atoms with Crippen LogP contribution in [0.4, 0.5) is 10.5 Å². The van der Waals surface area contributed by atoms with Crippen molar-refractivity contribution in [3.8, 4) is 0 Å². The molecule has 0 atom stereocenters. The maximum absolute atomic E-state index is 12.0. The number of nitrogens with one attached hydrogen (secondary N) is 1. The fraction of sp³-hybridized carbons (Fsp3) is 0.375. The molecule has 2 rings (SSSR count). The molecule has 0 radical (unpaired) electrons. The molecule has 24 heavy (non-hydrogen) atoms. The zero-order chi connectivity index (χ0) is 17.5. The second-order valence-electron chi connectivity index (χ2n) is 5.19. The Hall–Kier alpha value is -2.35. The minimum absolute atomic E-state index is 0.0295. The third-order valence-electron chi connectivity index (χ3n) is 3.32. The number of esters is 1. The van der Waals surface area contributed by atoms with Gasteiger partial charge in [0.1, 0.15) is 0 Å². The fourth-order valence-electron chi connectivity index (χ4n) is 2.10. The first-order valence-corrected chi connectivity index (χ1v) is 8.42. The van der Waals surface area contributed by atoms with Crippen molar-refractivity contribution in [1.82, 2.24) is 4.90 Å². The number of benzene rings is 1. The molecule has 0 spiro atoms. The van der Waals surface area contributed by atoms with Gasteiger partial charge in [-0.05, 0) is 24.3 Å². The first kappa shape index (κ1) is 18.0. The van der Waals surface area contributed by atoms with Crippen molar-refractivity contribution in [3.05, 3.63) is 29.8 Å². The van der Waals surface area contributed by atoms with E-state index in [-0.39, 0.29) is 30.0 Å². The SMILES string of the molecule is CC(=O)Nc1ccc(C(=O)COC(=O)CCN2CCSC2=O)cc1. The molecule has 128 valence electrons. The van der Waals surface area contributed by atoms with Gasteiger partial charge in [-0.3, -0.25) is 19.2 Å². The van der Waals surface area contributed by atoms with E-state index >= 15 is 0 Å². The van der Waals surface area contributed by atoms with Gasteiger partial charge in [-0.1, -0.05) is 11.8 Å². The van der Waals surface area contributed by atoms with Gasteiger partial charge in [0.25, 0.3) is 5.24 Å². The number of hydrogen-bond donors (Lipinski definition) is 1. The molecule has 8 heteroatoms. The van der Waals surface area contributed by atoms with Gasteiger partial charge in [0.05, 0.1) is 6.42 Å². The van der Waals surface area contributed by atoms with Crippen LogP contribution in [0.3, 0.4) is 0 Å². The lowest BCUT2D eigenvalue weighted by molar-refractivity contribution is -0.142. The summed E-state index contributed by atoms with van der Waals surface area (Å²) in [4.78, 5) is 47.5. The van der Waals surface area contributed by atoms with Crippen molar-refractivity contribution in [1.29, 1.82) is 0 Å². The van der Waals surface area contributed by atoms with E-state index in [1.54, 1.807) is 29.2 Å². The molecular weight excluding hydrogens is 332 g/mol. The molecule has 1 heterocycles. The molecule has 7 nitrogen and oxygen atoms in total. The summed E-state index contributed by atoms with van der Waals surface area (Å²) in [5.41, 5.74) is 0.979. The van der Waals surface area contributed by atoms with Crippen LogP contribution in [0.25, 0.3) is 0 Å². The predicted molar refractivity (Wildman–Crippen MR) is 90.1 cm³/mol. The Bertz CT molecular complexity index is 644. The van der Waals surface area contributed by atoms with Gasteiger partial charge in [-0.25, -0.2) is 0 Å². The van der Waals surface area contributed by atoms with Crippen LogP contribution in [0.15, 0.2) is 24.3 Å². The van der Waals surface area contributed by atoms with Crippen molar-refractivity contribution < 1.29 is 23.9 Å². The number of ether oxygens (including phenoxy) is 1. The summed E-state index contributed by atoms with van der Waals surface area (Å²) in [7, 11) is 0. The van der Waals surface area contributed by atoms with Crippen LogP contribution in [0.1, 0.15) is 23.7 Å². The number of thioether (sulfide) groups is 1. The second-order valence-corrected chi connectivity index (χ2v) is 6.24. The van der Waals surface area contributed by atoms with Crippen molar-refractivity contribution in [2.45, 2.75) is 13.3 Å². The number of rotatable bonds is 7. The highest BCUT2D eigenvalue weighted by atomic mass is 32.2. The first-order chi connectivity index (χ1) is 11.5. The highest BCUT2D eigenvalue weighted by Gasteiger charge is 2.21. The molecule has 1 N–H and O–H groups in total. The van der Waals surface area contributed by atoms with Gasteiger partial charge in [-0.15, -0.1) is 0 Å². The standard InChI is InChI=1S/C16H18N2O5S/c1-11(19)17-13-4-2-12(3-5-13)14(20)10-23-15(21)6-7-18-8-9-24-16(18)22/h2-5H,6-10H2,1H3,(H,17,19). The quantitative estimate of drug-likeness (QED) is 0.597. The van der Waals surface area contributed by atoms with Crippen LogP contribution in [-0.2, 0) is 14.3 Å². The Kier molecular flexibility index (Phi) is 6.36. The topological polar surface area (TPSA) is 92.8 Å².